The van der Waals surface area contributed by atoms with Crippen LogP contribution in [0.3, 0.4) is 0 Å². The van der Waals surface area contributed by atoms with Crippen LogP contribution >= 0.6 is 0 Å². The van der Waals surface area contributed by atoms with Crippen LogP contribution in [-0.4, -0.2) is 43.2 Å². The molecule has 1 atom stereocenters. The number of carbonyl (C=O) groups excluding carboxylic acids is 1. The zero-order chi connectivity index (χ0) is 18.5. The van der Waals surface area contributed by atoms with Crippen molar-refractivity contribution in [2.75, 3.05) is 27.3 Å². The molecule has 3 rings (SSSR count). The number of nitrogens with zero attached hydrogens (tertiary/aromatic N) is 2. The van der Waals surface area contributed by atoms with Crippen molar-refractivity contribution in [3.8, 4) is 11.5 Å². The smallest absolute Gasteiger partial charge is 0.317 e. The molecule has 2 amide bonds. The van der Waals surface area contributed by atoms with Crippen molar-refractivity contribution in [1.29, 1.82) is 0 Å². The summed E-state index contributed by atoms with van der Waals surface area (Å²) in [6.45, 7) is 3.30. The Balaban J connectivity index is 1.68. The summed E-state index contributed by atoms with van der Waals surface area (Å²) in [6.07, 6.45) is 4.98. The molecule has 0 aliphatic carbocycles. The second-order valence-corrected chi connectivity index (χ2v) is 6.37. The third-order valence-electron chi connectivity index (χ3n) is 4.86. The maximum absolute atomic E-state index is 12.8. The van der Waals surface area contributed by atoms with Crippen LogP contribution in [0.15, 0.2) is 36.7 Å². The molecule has 138 valence electrons. The van der Waals surface area contributed by atoms with Gasteiger partial charge in [0.2, 0.25) is 0 Å². The fraction of sp³-hybridized carbons (Fsp3) is 0.400. The van der Waals surface area contributed by atoms with E-state index in [9.17, 15) is 4.79 Å². The van der Waals surface area contributed by atoms with Gasteiger partial charge in [0.1, 0.15) is 11.5 Å². The number of nitrogens with one attached hydrogen (secondary N) is 1. The van der Waals surface area contributed by atoms with E-state index in [1.807, 2.05) is 30.0 Å². The van der Waals surface area contributed by atoms with E-state index >= 15 is 0 Å². The molecule has 1 aromatic carbocycles. The highest BCUT2D eigenvalue weighted by Gasteiger charge is 2.22. The number of ether oxygens (including phenoxy) is 2. The Bertz CT molecular complexity index is 779. The van der Waals surface area contributed by atoms with Gasteiger partial charge in [0.05, 0.1) is 26.5 Å². The molecule has 1 N–H and O–H groups in total. The van der Waals surface area contributed by atoms with E-state index in [1.165, 1.54) is 11.1 Å². The van der Waals surface area contributed by atoms with Gasteiger partial charge in [-0.3, -0.25) is 4.98 Å². The molecular weight excluding hydrogens is 330 g/mol. The summed E-state index contributed by atoms with van der Waals surface area (Å²) >= 11 is 0. The lowest BCUT2D eigenvalue weighted by molar-refractivity contribution is 0.196. The number of rotatable bonds is 4. The zero-order valence-corrected chi connectivity index (χ0v) is 15.5. The monoisotopic (exact) mass is 355 g/mol. The summed E-state index contributed by atoms with van der Waals surface area (Å²) < 4.78 is 10.8. The number of urea groups is 1. The number of hydrogen-bond acceptors (Lipinski definition) is 4. The first-order valence-corrected chi connectivity index (χ1v) is 8.82. The Hall–Kier alpha value is -2.76. The lowest BCUT2D eigenvalue weighted by Crippen LogP contribution is -2.42. The van der Waals surface area contributed by atoms with Crippen LogP contribution in [0.4, 0.5) is 4.79 Å². The Morgan fingerprint density at radius 1 is 1.15 bits per heavy atom. The fourth-order valence-electron chi connectivity index (χ4n) is 3.41. The third kappa shape index (κ3) is 3.74. The topological polar surface area (TPSA) is 63.7 Å². The van der Waals surface area contributed by atoms with E-state index < -0.39 is 0 Å². The average Bonchev–Trinajstić information content (AvgIpc) is 2.90. The molecule has 1 aliphatic rings. The lowest BCUT2D eigenvalue weighted by atomic mass is 10.0. The van der Waals surface area contributed by atoms with Crippen molar-refractivity contribution in [1.82, 2.24) is 15.2 Å². The maximum atomic E-state index is 12.8. The molecule has 2 aromatic rings. The minimum Gasteiger partial charge on any atom is -0.496 e. The Labute approximate surface area is 154 Å². The molecule has 1 unspecified atom stereocenters. The van der Waals surface area contributed by atoms with Crippen molar-refractivity contribution in [2.24, 2.45) is 0 Å². The number of benzene rings is 1. The van der Waals surface area contributed by atoms with Crippen LogP contribution in [0.25, 0.3) is 0 Å². The SMILES string of the molecule is COc1cnccc1C(C)NC(=O)N1CCc2cccc(OC)c2CC1. The maximum Gasteiger partial charge on any atom is 0.317 e. The molecule has 6 nitrogen and oxygen atoms in total. The zero-order valence-electron chi connectivity index (χ0n) is 15.5. The van der Waals surface area contributed by atoms with Crippen LogP contribution in [0.2, 0.25) is 0 Å². The molecule has 26 heavy (non-hydrogen) atoms. The average molecular weight is 355 g/mol. The summed E-state index contributed by atoms with van der Waals surface area (Å²) in [6, 6.07) is 7.73. The van der Waals surface area contributed by atoms with Gasteiger partial charge in [-0.2, -0.15) is 0 Å². The van der Waals surface area contributed by atoms with Gasteiger partial charge in [0, 0.05) is 24.8 Å². The molecule has 0 fully saturated rings. The number of aromatic nitrogens is 1. The lowest BCUT2D eigenvalue weighted by Gasteiger charge is -2.24. The third-order valence-corrected chi connectivity index (χ3v) is 4.86. The van der Waals surface area contributed by atoms with Crippen molar-refractivity contribution in [3.05, 3.63) is 53.3 Å². The fourth-order valence-corrected chi connectivity index (χ4v) is 3.41. The first-order chi connectivity index (χ1) is 12.6. The number of amides is 2. The molecule has 0 radical (unpaired) electrons. The number of pyridine rings is 1. The van der Waals surface area contributed by atoms with Crippen LogP contribution < -0.4 is 14.8 Å². The van der Waals surface area contributed by atoms with Gasteiger partial charge in [-0.1, -0.05) is 12.1 Å². The van der Waals surface area contributed by atoms with Gasteiger partial charge in [-0.25, -0.2) is 4.79 Å². The number of carbonyl (C=O) groups is 1. The van der Waals surface area contributed by atoms with Crippen LogP contribution in [-0.2, 0) is 12.8 Å². The van der Waals surface area contributed by atoms with Gasteiger partial charge in [0.15, 0.2) is 0 Å². The number of methoxy groups -OCH3 is 2. The van der Waals surface area contributed by atoms with Crippen molar-refractivity contribution < 1.29 is 14.3 Å². The second kappa shape index (κ2) is 8.08. The second-order valence-electron chi connectivity index (χ2n) is 6.37. The molecule has 0 saturated heterocycles. The highest BCUT2D eigenvalue weighted by Crippen LogP contribution is 2.27. The van der Waals surface area contributed by atoms with Gasteiger partial charge in [0.25, 0.3) is 0 Å². The van der Waals surface area contributed by atoms with Gasteiger partial charge in [-0.15, -0.1) is 0 Å². The molecule has 0 bridgehead atoms. The van der Waals surface area contributed by atoms with Crippen LogP contribution in [0.5, 0.6) is 11.5 Å². The minimum atomic E-state index is -0.166. The quantitative estimate of drug-likeness (QED) is 0.916. The first kappa shape index (κ1) is 18.0. The van der Waals surface area contributed by atoms with E-state index in [4.69, 9.17) is 9.47 Å². The van der Waals surface area contributed by atoms with E-state index in [1.54, 1.807) is 26.6 Å². The van der Waals surface area contributed by atoms with E-state index in [-0.39, 0.29) is 12.1 Å². The van der Waals surface area contributed by atoms with Gasteiger partial charge in [-0.05, 0) is 43.0 Å². The Morgan fingerprint density at radius 2 is 1.92 bits per heavy atom. The Morgan fingerprint density at radius 3 is 2.69 bits per heavy atom. The molecule has 2 heterocycles. The Kier molecular flexibility index (Phi) is 5.61. The molecule has 0 saturated carbocycles. The standard InChI is InChI=1S/C20H25N3O3/c1-14(16-7-10-21-13-19(16)26-3)22-20(24)23-11-8-15-5-4-6-18(25-2)17(15)9-12-23/h4-7,10,13-14H,8-9,11-12H2,1-3H3,(H,22,24). The van der Waals surface area contributed by atoms with Crippen LogP contribution in [0.1, 0.15) is 29.7 Å². The summed E-state index contributed by atoms with van der Waals surface area (Å²) in [5.74, 6) is 1.58. The largest absolute Gasteiger partial charge is 0.496 e. The van der Waals surface area contributed by atoms with Crippen LogP contribution in [0, 0.1) is 0 Å². The molecule has 0 spiro atoms. The summed E-state index contributed by atoms with van der Waals surface area (Å²) in [7, 11) is 3.29. The number of hydrogen-bond donors (Lipinski definition) is 1. The summed E-state index contributed by atoms with van der Waals surface area (Å²) in [5.41, 5.74) is 3.37. The van der Waals surface area contributed by atoms with Crippen molar-refractivity contribution in [2.45, 2.75) is 25.8 Å². The summed E-state index contributed by atoms with van der Waals surface area (Å²) in [4.78, 5) is 18.7. The van der Waals surface area contributed by atoms with E-state index in [0.717, 1.165) is 24.2 Å². The number of fused-ring (bicyclic) bond motifs is 1. The highest BCUT2D eigenvalue weighted by atomic mass is 16.5. The molecule has 1 aliphatic heterocycles. The molecular formula is C20H25N3O3. The minimum absolute atomic E-state index is 0.0665. The van der Waals surface area contributed by atoms with E-state index in [2.05, 4.69) is 16.4 Å². The van der Waals surface area contributed by atoms with Gasteiger partial charge < -0.3 is 19.7 Å². The van der Waals surface area contributed by atoms with Crippen molar-refractivity contribution >= 4 is 6.03 Å². The highest BCUT2D eigenvalue weighted by molar-refractivity contribution is 5.75. The predicted octanol–water partition coefficient (Wildman–Crippen LogP) is 2.97. The van der Waals surface area contributed by atoms with E-state index in [0.29, 0.717) is 18.8 Å². The normalized spacial score (nSPS) is 14.8. The molecule has 6 heteroatoms. The predicted molar refractivity (Wildman–Crippen MR) is 99.7 cm³/mol. The van der Waals surface area contributed by atoms with Crippen molar-refractivity contribution in [3.63, 3.8) is 0 Å². The van der Waals surface area contributed by atoms with Gasteiger partial charge >= 0.3 is 6.03 Å². The molecule has 1 aromatic heterocycles. The summed E-state index contributed by atoms with van der Waals surface area (Å²) in [5, 5.41) is 3.07. The first-order valence-electron chi connectivity index (χ1n) is 8.82.